The quantitative estimate of drug-likeness (QED) is 0.106. The van der Waals surface area contributed by atoms with Crippen molar-refractivity contribution in [2.24, 2.45) is 11.7 Å². The number of hydrogen-bond acceptors (Lipinski definition) is 8. The van der Waals surface area contributed by atoms with Crippen molar-refractivity contribution in [2.75, 3.05) is 6.54 Å². The molecule has 14 nitrogen and oxygen atoms in total. The van der Waals surface area contributed by atoms with Gasteiger partial charge in [0.25, 0.3) is 0 Å². The highest BCUT2D eigenvalue weighted by molar-refractivity contribution is 5.94. The second-order valence-electron chi connectivity index (χ2n) is 10.9. The van der Waals surface area contributed by atoms with Gasteiger partial charge in [0, 0.05) is 31.2 Å². The average molecular weight is 622 g/mol. The van der Waals surface area contributed by atoms with Gasteiger partial charge in [-0.15, -0.1) is 0 Å². The van der Waals surface area contributed by atoms with Gasteiger partial charge in [0.1, 0.15) is 23.9 Å². The molecule has 4 atom stereocenters. The van der Waals surface area contributed by atoms with Gasteiger partial charge in [-0.2, -0.15) is 0 Å². The van der Waals surface area contributed by atoms with Crippen LogP contribution >= 0.6 is 0 Å². The Bertz CT molecular complexity index is 1430. The molecule has 2 aromatic carbocycles. The Kier molecular flexibility index (Phi) is 12.6. The summed E-state index contributed by atoms with van der Waals surface area (Å²) in [6.45, 7) is 2.73. The smallest absolute Gasteiger partial charge is 0.326 e. The normalized spacial score (nSPS) is 13.6. The van der Waals surface area contributed by atoms with Crippen molar-refractivity contribution in [3.05, 3.63) is 83.9 Å². The number of phenols is 1. The second-order valence-corrected chi connectivity index (χ2v) is 10.9. The topological polar surface area (TPSA) is 229 Å². The van der Waals surface area contributed by atoms with Crippen molar-refractivity contribution in [2.45, 2.75) is 57.3 Å². The zero-order valence-electron chi connectivity index (χ0n) is 25.0. The lowest BCUT2D eigenvalue weighted by Crippen LogP contribution is -2.57. The molecule has 1 heterocycles. The van der Waals surface area contributed by atoms with Crippen LogP contribution in [-0.2, 0) is 43.2 Å². The van der Waals surface area contributed by atoms with Gasteiger partial charge in [-0.05, 0) is 29.2 Å². The molecule has 0 fully saturated rings. The first-order valence-corrected chi connectivity index (χ1v) is 14.4. The lowest BCUT2D eigenvalue weighted by atomic mass is 10.0. The third-order valence-electron chi connectivity index (χ3n) is 6.93. The molecule has 0 radical (unpaired) electrons. The van der Waals surface area contributed by atoms with E-state index in [1.807, 2.05) is 6.07 Å². The van der Waals surface area contributed by atoms with E-state index in [0.717, 1.165) is 5.56 Å². The molecule has 0 spiro atoms. The zero-order chi connectivity index (χ0) is 32.9. The molecule has 240 valence electrons. The molecular weight excluding hydrogens is 582 g/mol. The standard InChI is InChI=1S/C31H39N7O7/c1-18(2)27(31(44)45)38-26(40)16-34-29(42)24(13-20-8-10-22(39)11-9-20)37-30(43)25(12-19-6-4-3-5-7-19)36-28(41)23(32)14-21-15-33-17-35-21/h3-11,15,17-18,23-25,27,39H,12-14,16,32H2,1-2H3,(H,33,35)(H,34,42)(H,36,41)(H,37,43)(H,38,40)(H,44,45)/t23-,24+,25-,27-/m0/s1. The number of carboxylic acid groups (broad SMARTS) is 1. The van der Waals surface area contributed by atoms with E-state index in [1.54, 1.807) is 56.4 Å². The van der Waals surface area contributed by atoms with Gasteiger partial charge in [0.15, 0.2) is 0 Å². The van der Waals surface area contributed by atoms with Crippen molar-refractivity contribution in [1.29, 1.82) is 0 Å². The van der Waals surface area contributed by atoms with Crippen LogP contribution < -0.4 is 27.0 Å². The third kappa shape index (κ3) is 11.1. The summed E-state index contributed by atoms with van der Waals surface area (Å²) in [5.41, 5.74) is 8.08. The molecule has 0 bridgehead atoms. The van der Waals surface area contributed by atoms with Crippen molar-refractivity contribution in [3.8, 4) is 5.75 Å². The van der Waals surface area contributed by atoms with Crippen LogP contribution in [0.1, 0.15) is 30.7 Å². The monoisotopic (exact) mass is 621 g/mol. The number of nitrogens with zero attached hydrogens (tertiary/aromatic N) is 1. The average Bonchev–Trinajstić information content (AvgIpc) is 3.52. The Hall–Kier alpha value is -5.24. The fourth-order valence-corrected chi connectivity index (χ4v) is 4.44. The predicted octanol–water partition coefficient (Wildman–Crippen LogP) is -0.218. The largest absolute Gasteiger partial charge is 0.508 e. The van der Waals surface area contributed by atoms with E-state index in [-0.39, 0.29) is 25.0 Å². The lowest BCUT2D eigenvalue weighted by Gasteiger charge is -2.25. The Balaban J connectivity index is 1.77. The highest BCUT2D eigenvalue weighted by Gasteiger charge is 2.30. The molecular formula is C31H39N7O7. The molecule has 0 saturated carbocycles. The van der Waals surface area contributed by atoms with Crippen LogP contribution in [0.3, 0.4) is 0 Å². The van der Waals surface area contributed by atoms with Gasteiger partial charge in [-0.3, -0.25) is 19.2 Å². The number of phenolic OH excluding ortho intramolecular Hbond substituents is 1. The molecule has 3 rings (SSSR count). The molecule has 3 aromatic rings. The summed E-state index contributed by atoms with van der Waals surface area (Å²) in [7, 11) is 0. The summed E-state index contributed by atoms with van der Waals surface area (Å²) in [4.78, 5) is 70.7. The number of imidazole rings is 1. The fraction of sp³-hybridized carbons (Fsp3) is 0.355. The number of carbonyl (C=O) groups is 5. The summed E-state index contributed by atoms with van der Waals surface area (Å²) in [6.07, 6.45) is 3.23. The van der Waals surface area contributed by atoms with Gasteiger partial charge in [-0.1, -0.05) is 56.3 Å². The molecule has 14 heteroatoms. The minimum absolute atomic E-state index is 0.00991. The first-order chi connectivity index (χ1) is 21.4. The summed E-state index contributed by atoms with van der Waals surface area (Å²) in [6, 6.07) is 10.5. The van der Waals surface area contributed by atoms with Crippen LogP contribution in [0.2, 0.25) is 0 Å². The number of carboxylic acids is 1. The van der Waals surface area contributed by atoms with Gasteiger partial charge in [0.2, 0.25) is 23.6 Å². The van der Waals surface area contributed by atoms with Gasteiger partial charge >= 0.3 is 5.97 Å². The van der Waals surface area contributed by atoms with E-state index in [9.17, 15) is 34.2 Å². The maximum Gasteiger partial charge on any atom is 0.326 e. The van der Waals surface area contributed by atoms with Crippen molar-refractivity contribution in [1.82, 2.24) is 31.2 Å². The number of aliphatic carboxylic acids is 1. The first kappa shape index (κ1) is 34.3. The minimum Gasteiger partial charge on any atom is -0.508 e. The zero-order valence-corrected chi connectivity index (χ0v) is 25.0. The second kappa shape index (κ2) is 16.6. The lowest BCUT2D eigenvalue weighted by molar-refractivity contribution is -0.143. The molecule has 0 unspecified atom stereocenters. The van der Waals surface area contributed by atoms with E-state index in [0.29, 0.717) is 11.3 Å². The highest BCUT2D eigenvalue weighted by Crippen LogP contribution is 2.12. The molecule has 0 aliphatic heterocycles. The van der Waals surface area contributed by atoms with Gasteiger partial charge in [-0.25, -0.2) is 9.78 Å². The molecule has 0 aliphatic carbocycles. The summed E-state index contributed by atoms with van der Waals surface area (Å²) >= 11 is 0. The predicted molar refractivity (Wildman–Crippen MR) is 163 cm³/mol. The fourth-order valence-electron chi connectivity index (χ4n) is 4.44. The van der Waals surface area contributed by atoms with Gasteiger partial charge in [0.05, 0.1) is 18.9 Å². The van der Waals surface area contributed by atoms with Crippen LogP contribution in [0.15, 0.2) is 67.1 Å². The number of amides is 4. The molecule has 0 saturated heterocycles. The number of hydrogen-bond donors (Lipinski definition) is 8. The van der Waals surface area contributed by atoms with Gasteiger partial charge < -0.3 is 42.2 Å². The Morgan fingerprint density at radius 3 is 2.00 bits per heavy atom. The summed E-state index contributed by atoms with van der Waals surface area (Å²) in [5, 5.41) is 29.2. The van der Waals surface area contributed by atoms with Crippen LogP contribution in [0.5, 0.6) is 5.75 Å². The van der Waals surface area contributed by atoms with Crippen molar-refractivity contribution < 1.29 is 34.2 Å². The molecule has 9 N–H and O–H groups in total. The van der Waals surface area contributed by atoms with E-state index in [4.69, 9.17) is 5.73 Å². The number of rotatable bonds is 16. The molecule has 4 amide bonds. The van der Waals surface area contributed by atoms with Crippen LogP contribution in [0, 0.1) is 5.92 Å². The van der Waals surface area contributed by atoms with E-state index < -0.39 is 66.2 Å². The van der Waals surface area contributed by atoms with E-state index in [1.165, 1.54) is 18.5 Å². The van der Waals surface area contributed by atoms with Crippen LogP contribution in [-0.4, -0.2) is 80.5 Å². The Labute approximate surface area is 260 Å². The molecule has 1 aromatic heterocycles. The van der Waals surface area contributed by atoms with E-state index in [2.05, 4.69) is 31.2 Å². The number of carbonyl (C=O) groups excluding carboxylic acids is 4. The maximum absolute atomic E-state index is 13.7. The number of aromatic hydroxyl groups is 1. The number of nitrogens with two attached hydrogens (primary N) is 1. The third-order valence-corrected chi connectivity index (χ3v) is 6.93. The number of H-pyrrole nitrogens is 1. The Morgan fingerprint density at radius 1 is 0.822 bits per heavy atom. The van der Waals surface area contributed by atoms with Crippen LogP contribution in [0.25, 0.3) is 0 Å². The number of aromatic nitrogens is 2. The minimum atomic E-state index is -1.21. The number of aromatic amines is 1. The van der Waals surface area contributed by atoms with Crippen molar-refractivity contribution >= 4 is 29.6 Å². The Morgan fingerprint density at radius 2 is 1.42 bits per heavy atom. The summed E-state index contributed by atoms with van der Waals surface area (Å²) < 4.78 is 0. The van der Waals surface area contributed by atoms with Crippen molar-refractivity contribution in [3.63, 3.8) is 0 Å². The maximum atomic E-state index is 13.7. The highest BCUT2D eigenvalue weighted by atomic mass is 16.4. The molecule has 45 heavy (non-hydrogen) atoms. The van der Waals surface area contributed by atoms with E-state index >= 15 is 0 Å². The summed E-state index contributed by atoms with van der Waals surface area (Å²) in [5.74, 6) is -4.30. The van der Waals surface area contributed by atoms with Crippen LogP contribution in [0.4, 0.5) is 0 Å². The number of nitrogens with one attached hydrogen (secondary N) is 5. The first-order valence-electron chi connectivity index (χ1n) is 14.4. The SMILES string of the molecule is CC(C)[C@H](NC(=O)CNC(=O)[C@@H](Cc1ccc(O)cc1)NC(=O)[C@H](Cc1ccccc1)NC(=O)[C@@H](N)Cc1cnc[nH]1)C(=O)O. The molecule has 0 aliphatic rings. The number of benzene rings is 2.